The number of amides is 1. The Balaban J connectivity index is 1.75. The molecule has 0 saturated heterocycles. The number of anilines is 1. The monoisotopic (exact) mass is 384 g/mol. The van der Waals surface area contributed by atoms with Gasteiger partial charge in [-0.05, 0) is 42.5 Å². The molecule has 0 radical (unpaired) electrons. The van der Waals surface area contributed by atoms with E-state index >= 15 is 0 Å². The van der Waals surface area contributed by atoms with Crippen LogP contribution in [-0.4, -0.2) is 41.5 Å². The van der Waals surface area contributed by atoms with Crippen LogP contribution >= 0.6 is 12.2 Å². The predicted molar refractivity (Wildman–Crippen MR) is 111 cm³/mol. The van der Waals surface area contributed by atoms with Crippen LogP contribution in [-0.2, 0) is 0 Å². The van der Waals surface area contributed by atoms with Crippen molar-refractivity contribution in [2.75, 3.05) is 25.5 Å². The van der Waals surface area contributed by atoms with Crippen molar-refractivity contribution in [3.05, 3.63) is 48.5 Å². The van der Waals surface area contributed by atoms with Gasteiger partial charge in [-0.3, -0.25) is 0 Å². The van der Waals surface area contributed by atoms with E-state index < -0.39 is 6.09 Å². The van der Waals surface area contributed by atoms with Crippen molar-refractivity contribution < 1.29 is 14.6 Å². The number of ether oxygens (including phenoxy) is 1. The minimum Gasteiger partial charge on any atom is -0.495 e. The van der Waals surface area contributed by atoms with E-state index in [1.165, 1.54) is 0 Å². The molecule has 0 saturated carbocycles. The van der Waals surface area contributed by atoms with Gasteiger partial charge in [0.1, 0.15) is 5.75 Å². The molecule has 1 aromatic heterocycles. The van der Waals surface area contributed by atoms with Gasteiger partial charge in [0.05, 0.1) is 12.8 Å². The number of fused-ring (bicyclic) bond motifs is 1. The van der Waals surface area contributed by atoms with Crippen LogP contribution < -0.4 is 20.7 Å². The standard InChI is InChI=1S/C19H20N4O3S/c1-26-17-7-6-13(15-10-12-4-2-3-5-14(12)22-15)11-16(17)23-18(27)20-8-9-21-19(24)25/h2-7,10-11,21-22H,8-9H2,1H3,(H,24,25)(H2,20,23,27). The number of benzene rings is 2. The summed E-state index contributed by atoms with van der Waals surface area (Å²) in [7, 11) is 1.59. The minimum absolute atomic E-state index is 0.253. The van der Waals surface area contributed by atoms with Gasteiger partial charge < -0.3 is 30.8 Å². The van der Waals surface area contributed by atoms with Gasteiger partial charge in [-0.1, -0.05) is 18.2 Å². The van der Waals surface area contributed by atoms with E-state index in [2.05, 4.69) is 33.1 Å². The Kier molecular flexibility index (Phi) is 5.77. The molecule has 0 aliphatic carbocycles. The molecule has 5 N–H and O–H groups in total. The SMILES string of the molecule is COc1ccc(-c2cc3ccccc3[nH]2)cc1NC(=S)NCCNC(=O)O. The van der Waals surface area contributed by atoms with Crippen LogP contribution in [0.4, 0.5) is 10.5 Å². The number of nitrogens with one attached hydrogen (secondary N) is 4. The quantitative estimate of drug-likeness (QED) is 0.330. The van der Waals surface area contributed by atoms with Gasteiger partial charge in [-0.25, -0.2) is 4.79 Å². The first-order valence-corrected chi connectivity index (χ1v) is 8.75. The molecule has 7 nitrogen and oxygen atoms in total. The predicted octanol–water partition coefficient (Wildman–Crippen LogP) is 3.40. The van der Waals surface area contributed by atoms with Gasteiger partial charge in [0, 0.05) is 35.2 Å². The Labute approximate surface area is 161 Å². The second-order valence-corrected chi connectivity index (χ2v) is 6.21. The number of carboxylic acid groups (broad SMARTS) is 1. The molecule has 140 valence electrons. The van der Waals surface area contributed by atoms with E-state index in [-0.39, 0.29) is 6.54 Å². The number of H-pyrrole nitrogens is 1. The lowest BCUT2D eigenvalue weighted by Gasteiger charge is -2.14. The highest BCUT2D eigenvalue weighted by Gasteiger charge is 2.09. The second-order valence-electron chi connectivity index (χ2n) is 5.80. The van der Waals surface area contributed by atoms with Crippen molar-refractivity contribution in [3.63, 3.8) is 0 Å². The summed E-state index contributed by atoms with van der Waals surface area (Å²) < 4.78 is 5.40. The fourth-order valence-corrected chi connectivity index (χ4v) is 2.93. The number of carbonyl (C=O) groups is 1. The lowest BCUT2D eigenvalue weighted by Crippen LogP contribution is -2.36. The molecule has 0 unspecified atom stereocenters. The Morgan fingerprint density at radius 1 is 1.15 bits per heavy atom. The van der Waals surface area contributed by atoms with Gasteiger partial charge in [-0.2, -0.15) is 0 Å². The maximum absolute atomic E-state index is 10.4. The zero-order valence-electron chi connectivity index (χ0n) is 14.7. The fraction of sp³-hybridized carbons (Fsp3) is 0.158. The molecule has 1 heterocycles. The van der Waals surface area contributed by atoms with Crippen molar-refractivity contribution >= 4 is 40.0 Å². The van der Waals surface area contributed by atoms with E-state index in [1.807, 2.05) is 36.4 Å². The maximum Gasteiger partial charge on any atom is 0.404 e. The van der Waals surface area contributed by atoms with Crippen molar-refractivity contribution in [1.29, 1.82) is 0 Å². The third-order valence-electron chi connectivity index (χ3n) is 3.98. The Hall–Kier alpha value is -3.26. The molecule has 27 heavy (non-hydrogen) atoms. The third-order valence-corrected chi connectivity index (χ3v) is 4.22. The molecule has 1 amide bonds. The molecule has 2 aromatic carbocycles. The highest BCUT2D eigenvalue weighted by atomic mass is 32.1. The van der Waals surface area contributed by atoms with Crippen LogP contribution in [0.5, 0.6) is 5.75 Å². The number of aromatic nitrogens is 1. The summed E-state index contributed by atoms with van der Waals surface area (Å²) in [4.78, 5) is 13.8. The molecular formula is C19H20N4O3S. The summed E-state index contributed by atoms with van der Waals surface area (Å²) in [5.41, 5.74) is 3.77. The Morgan fingerprint density at radius 2 is 1.93 bits per heavy atom. The average Bonchev–Trinajstić information content (AvgIpc) is 3.09. The summed E-state index contributed by atoms with van der Waals surface area (Å²) in [6.45, 7) is 0.631. The van der Waals surface area contributed by atoms with Gasteiger partial charge in [0.25, 0.3) is 0 Å². The second kappa shape index (κ2) is 8.41. The zero-order valence-corrected chi connectivity index (χ0v) is 15.5. The molecule has 0 spiro atoms. The van der Waals surface area contributed by atoms with Crippen molar-refractivity contribution in [2.45, 2.75) is 0 Å². The van der Waals surface area contributed by atoms with E-state index in [9.17, 15) is 4.79 Å². The molecule has 3 aromatic rings. The number of methoxy groups -OCH3 is 1. The topological polar surface area (TPSA) is 98.4 Å². The number of rotatable bonds is 6. The summed E-state index contributed by atoms with van der Waals surface area (Å²) in [5, 5.41) is 18.4. The van der Waals surface area contributed by atoms with Crippen molar-refractivity contribution in [2.24, 2.45) is 0 Å². The van der Waals surface area contributed by atoms with E-state index in [0.29, 0.717) is 17.4 Å². The van der Waals surface area contributed by atoms with Crippen LogP contribution in [0, 0.1) is 0 Å². The smallest absolute Gasteiger partial charge is 0.404 e. The zero-order chi connectivity index (χ0) is 19.2. The van der Waals surface area contributed by atoms with Crippen LogP contribution in [0.3, 0.4) is 0 Å². The number of hydrogen-bond donors (Lipinski definition) is 5. The normalized spacial score (nSPS) is 10.4. The lowest BCUT2D eigenvalue weighted by molar-refractivity contribution is 0.194. The number of para-hydroxylation sites is 1. The summed E-state index contributed by atoms with van der Waals surface area (Å²) in [5.74, 6) is 0.655. The van der Waals surface area contributed by atoms with Crippen LogP contribution in [0.2, 0.25) is 0 Å². The van der Waals surface area contributed by atoms with Gasteiger partial charge in [0.15, 0.2) is 5.11 Å². The van der Waals surface area contributed by atoms with Crippen molar-refractivity contribution in [3.8, 4) is 17.0 Å². The molecule has 8 heteroatoms. The fourth-order valence-electron chi connectivity index (χ4n) is 2.71. The molecule has 0 atom stereocenters. The van der Waals surface area contributed by atoms with Crippen LogP contribution in [0.1, 0.15) is 0 Å². The summed E-state index contributed by atoms with van der Waals surface area (Å²) in [6.07, 6.45) is -1.07. The highest BCUT2D eigenvalue weighted by Crippen LogP contribution is 2.31. The summed E-state index contributed by atoms with van der Waals surface area (Å²) in [6, 6.07) is 16.0. The largest absolute Gasteiger partial charge is 0.495 e. The molecule has 0 fully saturated rings. The van der Waals surface area contributed by atoms with Gasteiger partial charge in [-0.15, -0.1) is 0 Å². The van der Waals surface area contributed by atoms with E-state index in [1.54, 1.807) is 7.11 Å². The first kappa shape index (κ1) is 18.5. The Morgan fingerprint density at radius 3 is 2.67 bits per heavy atom. The molecule has 0 bridgehead atoms. The highest BCUT2D eigenvalue weighted by molar-refractivity contribution is 7.80. The van der Waals surface area contributed by atoms with E-state index in [4.69, 9.17) is 22.1 Å². The number of aromatic amines is 1. The summed E-state index contributed by atoms with van der Waals surface area (Å²) >= 11 is 5.27. The number of hydrogen-bond acceptors (Lipinski definition) is 3. The van der Waals surface area contributed by atoms with Crippen molar-refractivity contribution in [1.82, 2.24) is 15.6 Å². The first-order valence-electron chi connectivity index (χ1n) is 8.34. The maximum atomic E-state index is 10.4. The third kappa shape index (κ3) is 4.68. The first-order chi connectivity index (χ1) is 13.1. The lowest BCUT2D eigenvalue weighted by atomic mass is 10.1. The van der Waals surface area contributed by atoms with E-state index in [0.717, 1.165) is 27.8 Å². The van der Waals surface area contributed by atoms with Crippen LogP contribution in [0.15, 0.2) is 48.5 Å². The molecule has 0 aliphatic heterocycles. The molecule has 0 aliphatic rings. The molecule has 3 rings (SSSR count). The number of thiocarbonyl (C=S) groups is 1. The van der Waals surface area contributed by atoms with Crippen LogP contribution in [0.25, 0.3) is 22.2 Å². The minimum atomic E-state index is -1.07. The van der Waals surface area contributed by atoms with Gasteiger partial charge >= 0.3 is 6.09 Å². The Bertz CT molecular complexity index is 937. The van der Waals surface area contributed by atoms with Gasteiger partial charge in [0.2, 0.25) is 0 Å². The molecular weight excluding hydrogens is 364 g/mol. The average molecular weight is 384 g/mol.